The Morgan fingerprint density at radius 2 is 1.55 bits per heavy atom. The van der Waals surface area contributed by atoms with Crippen molar-refractivity contribution in [3.63, 3.8) is 0 Å². The summed E-state index contributed by atoms with van der Waals surface area (Å²) in [6.07, 6.45) is 0. The number of hydrogen-bond donors (Lipinski definition) is 2. The molecule has 0 bridgehead atoms. The molecule has 101 valence electrons. The van der Waals surface area contributed by atoms with Gasteiger partial charge >= 0.3 is 0 Å². The average molecular weight is 267 g/mol. The molecule has 0 heterocycles. The fourth-order valence-corrected chi connectivity index (χ4v) is 1.74. The van der Waals surface area contributed by atoms with Gasteiger partial charge < -0.3 is 10.6 Å². The predicted octanol–water partition coefficient (Wildman–Crippen LogP) is 3.08. The van der Waals surface area contributed by atoms with Gasteiger partial charge in [0.15, 0.2) is 0 Å². The van der Waals surface area contributed by atoms with Gasteiger partial charge in [0.05, 0.1) is 0 Å². The Hall–Kier alpha value is -2.62. The maximum absolute atomic E-state index is 12.0. The Bertz CT molecular complexity index is 633. The first-order valence-corrected chi connectivity index (χ1v) is 6.15. The van der Waals surface area contributed by atoms with Crippen LogP contribution in [0.1, 0.15) is 22.8 Å². The van der Waals surface area contributed by atoms with Gasteiger partial charge in [-0.05, 0) is 42.8 Å². The highest BCUT2D eigenvalue weighted by molar-refractivity contribution is 6.04. The smallest absolute Gasteiger partial charge is 0.255 e. The summed E-state index contributed by atoms with van der Waals surface area (Å²) in [7, 11) is 0. The SMILES string of the molecule is [CH2]c1ccc(C(=O)Nc2cccc(NC(C)=O)c2)cc1. The highest BCUT2D eigenvalue weighted by Gasteiger charge is 2.06. The molecule has 2 rings (SSSR count). The fourth-order valence-electron chi connectivity index (χ4n) is 1.74. The predicted molar refractivity (Wildman–Crippen MR) is 79.6 cm³/mol. The van der Waals surface area contributed by atoms with Gasteiger partial charge in [-0.3, -0.25) is 9.59 Å². The minimum Gasteiger partial charge on any atom is -0.326 e. The van der Waals surface area contributed by atoms with Crippen LogP contribution in [0, 0.1) is 6.92 Å². The molecule has 0 unspecified atom stereocenters. The zero-order valence-electron chi connectivity index (χ0n) is 11.1. The maximum Gasteiger partial charge on any atom is 0.255 e. The number of nitrogens with one attached hydrogen (secondary N) is 2. The van der Waals surface area contributed by atoms with Crippen molar-refractivity contribution in [1.29, 1.82) is 0 Å². The summed E-state index contributed by atoms with van der Waals surface area (Å²) in [5.41, 5.74) is 2.68. The zero-order valence-corrected chi connectivity index (χ0v) is 11.1. The lowest BCUT2D eigenvalue weighted by Gasteiger charge is -2.08. The molecule has 0 saturated heterocycles. The zero-order chi connectivity index (χ0) is 14.5. The van der Waals surface area contributed by atoms with Crippen molar-refractivity contribution in [2.75, 3.05) is 10.6 Å². The molecule has 0 atom stereocenters. The molecule has 0 aliphatic rings. The van der Waals surface area contributed by atoms with Crippen LogP contribution < -0.4 is 10.6 Å². The maximum atomic E-state index is 12.0. The van der Waals surface area contributed by atoms with Crippen LogP contribution in [0.5, 0.6) is 0 Å². The first-order chi connectivity index (χ1) is 9.54. The molecule has 4 nitrogen and oxygen atoms in total. The van der Waals surface area contributed by atoms with E-state index in [0.29, 0.717) is 16.9 Å². The Labute approximate surface area is 117 Å². The minimum atomic E-state index is -0.204. The lowest BCUT2D eigenvalue weighted by molar-refractivity contribution is -0.114. The summed E-state index contributed by atoms with van der Waals surface area (Å²) in [6.45, 7) is 5.21. The molecule has 20 heavy (non-hydrogen) atoms. The van der Waals surface area contributed by atoms with Crippen LogP contribution in [0.2, 0.25) is 0 Å². The monoisotopic (exact) mass is 267 g/mol. The number of hydrogen-bond acceptors (Lipinski definition) is 2. The van der Waals surface area contributed by atoms with E-state index in [4.69, 9.17) is 0 Å². The summed E-state index contributed by atoms with van der Waals surface area (Å²) in [4.78, 5) is 23.0. The van der Waals surface area contributed by atoms with Gasteiger partial charge in [0, 0.05) is 23.9 Å². The highest BCUT2D eigenvalue weighted by atomic mass is 16.2. The van der Waals surface area contributed by atoms with Crippen LogP contribution in [-0.2, 0) is 4.79 Å². The summed E-state index contributed by atoms with van der Waals surface area (Å²) in [5, 5.41) is 5.45. The third kappa shape index (κ3) is 3.68. The van der Waals surface area contributed by atoms with Crippen molar-refractivity contribution in [2.45, 2.75) is 6.92 Å². The number of rotatable bonds is 3. The van der Waals surface area contributed by atoms with E-state index in [1.165, 1.54) is 6.92 Å². The number of anilines is 2. The molecule has 0 aliphatic carbocycles. The van der Waals surface area contributed by atoms with Crippen molar-refractivity contribution in [3.8, 4) is 0 Å². The Balaban J connectivity index is 2.11. The second-order valence-corrected chi connectivity index (χ2v) is 4.41. The van der Waals surface area contributed by atoms with Crippen LogP contribution >= 0.6 is 0 Å². The van der Waals surface area contributed by atoms with Crippen molar-refractivity contribution >= 4 is 23.2 Å². The van der Waals surface area contributed by atoms with Crippen molar-refractivity contribution < 1.29 is 9.59 Å². The van der Waals surface area contributed by atoms with Gasteiger partial charge in [-0.25, -0.2) is 0 Å². The van der Waals surface area contributed by atoms with Gasteiger partial charge in [0.1, 0.15) is 0 Å². The van der Waals surface area contributed by atoms with E-state index in [1.807, 2.05) is 0 Å². The third-order valence-electron chi connectivity index (χ3n) is 2.66. The van der Waals surface area contributed by atoms with Gasteiger partial charge in [-0.1, -0.05) is 18.2 Å². The average Bonchev–Trinajstić information content (AvgIpc) is 2.39. The molecule has 0 saturated carbocycles. The molecule has 2 amide bonds. The van der Waals surface area contributed by atoms with E-state index in [9.17, 15) is 9.59 Å². The number of carbonyl (C=O) groups is 2. The van der Waals surface area contributed by atoms with Crippen LogP contribution in [-0.4, -0.2) is 11.8 Å². The first kappa shape index (κ1) is 13.8. The van der Waals surface area contributed by atoms with Crippen molar-refractivity contribution in [3.05, 3.63) is 66.6 Å². The molecule has 4 heteroatoms. The molecule has 2 aromatic rings. The molecule has 2 N–H and O–H groups in total. The highest BCUT2D eigenvalue weighted by Crippen LogP contribution is 2.16. The van der Waals surface area contributed by atoms with E-state index in [-0.39, 0.29) is 11.8 Å². The molecule has 0 aliphatic heterocycles. The van der Waals surface area contributed by atoms with E-state index >= 15 is 0 Å². The number of carbonyl (C=O) groups excluding carboxylic acids is 2. The van der Waals surface area contributed by atoms with E-state index in [0.717, 1.165) is 5.56 Å². The Morgan fingerprint density at radius 3 is 2.15 bits per heavy atom. The molecular formula is C16H15N2O2. The number of amides is 2. The summed E-state index contributed by atoms with van der Waals surface area (Å²) in [6, 6.07) is 14.0. The Morgan fingerprint density at radius 1 is 0.950 bits per heavy atom. The largest absolute Gasteiger partial charge is 0.326 e. The van der Waals surface area contributed by atoms with E-state index in [1.54, 1.807) is 48.5 Å². The van der Waals surface area contributed by atoms with Crippen molar-refractivity contribution in [1.82, 2.24) is 0 Å². The van der Waals surface area contributed by atoms with E-state index < -0.39 is 0 Å². The topological polar surface area (TPSA) is 58.2 Å². The second-order valence-electron chi connectivity index (χ2n) is 4.41. The number of benzene rings is 2. The van der Waals surface area contributed by atoms with Crippen LogP contribution in [0.4, 0.5) is 11.4 Å². The molecular weight excluding hydrogens is 252 g/mol. The summed E-state index contributed by atoms with van der Waals surface area (Å²) in [5.74, 6) is -0.357. The normalized spacial score (nSPS) is 9.90. The lowest BCUT2D eigenvalue weighted by Crippen LogP contribution is -2.12. The summed E-state index contributed by atoms with van der Waals surface area (Å²) < 4.78 is 0. The molecule has 0 fully saturated rings. The second kappa shape index (κ2) is 6.02. The van der Waals surface area contributed by atoms with Crippen LogP contribution in [0.15, 0.2) is 48.5 Å². The van der Waals surface area contributed by atoms with E-state index in [2.05, 4.69) is 17.6 Å². The Kier molecular flexibility index (Phi) is 4.15. The van der Waals surface area contributed by atoms with Gasteiger partial charge in [-0.2, -0.15) is 0 Å². The minimum absolute atomic E-state index is 0.153. The van der Waals surface area contributed by atoms with Crippen molar-refractivity contribution in [2.24, 2.45) is 0 Å². The lowest BCUT2D eigenvalue weighted by atomic mass is 10.1. The third-order valence-corrected chi connectivity index (χ3v) is 2.66. The quantitative estimate of drug-likeness (QED) is 0.897. The first-order valence-electron chi connectivity index (χ1n) is 6.15. The molecule has 0 spiro atoms. The van der Waals surface area contributed by atoms with Crippen LogP contribution in [0.25, 0.3) is 0 Å². The van der Waals surface area contributed by atoms with Gasteiger partial charge in [-0.15, -0.1) is 0 Å². The standard InChI is InChI=1S/C16H15N2O2/c1-11-6-8-13(9-7-11)16(20)18-15-5-3-4-14(10-15)17-12(2)19/h3-10H,1H2,2H3,(H,17,19)(H,18,20). The molecule has 2 aromatic carbocycles. The molecule has 1 radical (unpaired) electrons. The fraction of sp³-hybridized carbons (Fsp3) is 0.0625. The summed E-state index contributed by atoms with van der Waals surface area (Å²) >= 11 is 0. The van der Waals surface area contributed by atoms with Gasteiger partial charge in [0.2, 0.25) is 5.91 Å². The van der Waals surface area contributed by atoms with Gasteiger partial charge in [0.25, 0.3) is 5.91 Å². The molecule has 0 aromatic heterocycles. The van der Waals surface area contributed by atoms with Crippen LogP contribution in [0.3, 0.4) is 0 Å².